The second kappa shape index (κ2) is 5.51. The Balaban J connectivity index is 2.08. The van der Waals surface area contributed by atoms with Gasteiger partial charge in [-0.25, -0.2) is 0 Å². The van der Waals surface area contributed by atoms with E-state index in [1.54, 1.807) is 18.2 Å². The van der Waals surface area contributed by atoms with Gasteiger partial charge in [0.1, 0.15) is 18.3 Å². The molecule has 3 rings (SSSR count). The third-order valence-corrected chi connectivity index (χ3v) is 4.18. The number of rotatable bonds is 2. The highest BCUT2D eigenvalue weighted by Crippen LogP contribution is 2.28. The van der Waals surface area contributed by atoms with Gasteiger partial charge in [0.2, 0.25) is 0 Å². The summed E-state index contributed by atoms with van der Waals surface area (Å²) in [7, 11) is 0. The third kappa shape index (κ3) is 2.41. The molecule has 0 radical (unpaired) electrons. The van der Waals surface area contributed by atoms with E-state index >= 15 is 0 Å². The molecule has 2 heterocycles. The van der Waals surface area contributed by atoms with Gasteiger partial charge in [-0.2, -0.15) is 0 Å². The van der Waals surface area contributed by atoms with Gasteiger partial charge in [0, 0.05) is 16.1 Å². The number of halogens is 1. The molecule has 0 unspecified atom stereocenters. The number of aliphatic hydroxyl groups is 3. The van der Waals surface area contributed by atoms with Crippen molar-refractivity contribution in [2.24, 2.45) is 0 Å². The minimum atomic E-state index is -1.27. The first-order chi connectivity index (χ1) is 10.0. The number of hydrogen-bond acceptors (Lipinski definition) is 5. The topological polar surface area (TPSA) is 91.9 Å². The van der Waals surface area contributed by atoms with Crippen molar-refractivity contribution in [3.63, 3.8) is 0 Å². The first-order valence-electron chi connectivity index (χ1n) is 6.46. The van der Waals surface area contributed by atoms with Crippen molar-refractivity contribution in [3.8, 4) is 0 Å². The van der Waals surface area contributed by atoms with Crippen LogP contribution in [0.3, 0.4) is 0 Å². The maximum absolute atomic E-state index is 12.5. The van der Waals surface area contributed by atoms with E-state index < -0.39 is 31.1 Å². The molecule has 1 aromatic heterocycles. The number of pyridine rings is 1. The lowest BCUT2D eigenvalue weighted by Crippen LogP contribution is -2.35. The van der Waals surface area contributed by atoms with Gasteiger partial charge in [0.15, 0.2) is 6.23 Å². The van der Waals surface area contributed by atoms with Gasteiger partial charge in [-0.3, -0.25) is 9.36 Å². The molecule has 7 heteroatoms. The summed E-state index contributed by atoms with van der Waals surface area (Å²) in [5.74, 6) is 0. The largest absolute Gasteiger partial charge is 0.394 e. The van der Waals surface area contributed by atoms with Crippen LogP contribution in [0.15, 0.2) is 39.7 Å². The maximum atomic E-state index is 12.5. The van der Waals surface area contributed by atoms with Gasteiger partial charge in [-0.1, -0.05) is 15.9 Å². The number of aromatic nitrogens is 1. The monoisotopic (exact) mass is 355 g/mol. The molecular weight excluding hydrogens is 342 g/mol. The summed E-state index contributed by atoms with van der Waals surface area (Å²) in [5, 5.41) is 30.1. The molecular formula is C14H14BrNO5. The Hall–Kier alpha value is -1.25. The van der Waals surface area contributed by atoms with E-state index in [1.807, 2.05) is 6.07 Å². The highest BCUT2D eigenvalue weighted by molar-refractivity contribution is 9.10. The standard InChI is InChI=1S/C14H14BrNO5/c15-8-1-2-9-7(5-8)3-4-16(13(9)20)14-12(19)11(18)10(6-17)21-14/h1-5,10-12,14,17-19H,6H2/t10-,11-,12-,14-/m1/s1. The minimum absolute atomic E-state index is 0.324. The van der Waals surface area contributed by atoms with Crippen LogP contribution in [-0.2, 0) is 4.74 Å². The van der Waals surface area contributed by atoms with E-state index in [0.717, 1.165) is 9.86 Å². The lowest BCUT2D eigenvalue weighted by molar-refractivity contribution is -0.0541. The van der Waals surface area contributed by atoms with Crippen LogP contribution >= 0.6 is 15.9 Å². The molecule has 1 aliphatic rings. The van der Waals surface area contributed by atoms with E-state index in [4.69, 9.17) is 9.84 Å². The maximum Gasteiger partial charge on any atom is 0.260 e. The van der Waals surface area contributed by atoms with E-state index in [1.165, 1.54) is 10.8 Å². The quantitative estimate of drug-likeness (QED) is 0.724. The summed E-state index contributed by atoms with van der Waals surface area (Å²) in [6.45, 7) is -0.427. The van der Waals surface area contributed by atoms with Crippen LogP contribution in [-0.4, -0.2) is 44.8 Å². The SMILES string of the molecule is O=c1c2ccc(Br)cc2ccn1[C@@H]1O[C@H](CO)[C@@H](O)[C@H]1O. The minimum Gasteiger partial charge on any atom is -0.394 e. The molecule has 0 amide bonds. The third-order valence-electron chi connectivity index (χ3n) is 3.68. The van der Waals surface area contributed by atoms with E-state index in [9.17, 15) is 15.0 Å². The lowest BCUT2D eigenvalue weighted by Gasteiger charge is -2.18. The van der Waals surface area contributed by atoms with Crippen molar-refractivity contribution in [2.45, 2.75) is 24.5 Å². The Morgan fingerprint density at radius 1 is 1.24 bits per heavy atom. The van der Waals surface area contributed by atoms with E-state index in [2.05, 4.69) is 15.9 Å². The van der Waals surface area contributed by atoms with Gasteiger partial charge >= 0.3 is 0 Å². The van der Waals surface area contributed by atoms with Gasteiger partial charge in [0.25, 0.3) is 5.56 Å². The second-order valence-corrected chi connectivity index (χ2v) is 5.90. The Morgan fingerprint density at radius 2 is 2.00 bits per heavy atom. The van der Waals surface area contributed by atoms with Crippen LogP contribution in [0.25, 0.3) is 10.8 Å². The average molecular weight is 356 g/mol. The van der Waals surface area contributed by atoms with Gasteiger partial charge in [-0.15, -0.1) is 0 Å². The molecule has 1 aliphatic heterocycles. The average Bonchev–Trinajstić information content (AvgIpc) is 2.75. The van der Waals surface area contributed by atoms with E-state index in [0.29, 0.717) is 5.39 Å². The Morgan fingerprint density at radius 3 is 2.67 bits per heavy atom. The van der Waals surface area contributed by atoms with Crippen LogP contribution in [0.2, 0.25) is 0 Å². The molecule has 1 fully saturated rings. The zero-order valence-electron chi connectivity index (χ0n) is 10.9. The summed E-state index contributed by atoms with van der Waals surface area (Å²) in [6.07, 6.45) is -2.91. The highest BCUT2D eigenvalue weighted by Gasteiger charge is 2.43. The molecule has 0 aliphatic carbocycles. The lowest BCUT2D eigenvalue weighted by atomic mass is 10.1. The summed E-state index contributed by atoms with van der Waals surface area (Å²) in [5.41, 5.74) is -0.324. The number of nitrogens with zero attached hydrogens (tertiary/aromatic N) is 1. The Labute approximate surface area is 128 Å². The molecule has 0 spiro atoms. The normalized spacial score (nSPS) is 29.1. The van der Waals surface area contributed by atoms with Crippen molar-refractivity contribution in [3.05, 3.63) is 45.3 Å². The van der Waals surface area contributed by atoms with Gasteiger partial charge in [0.05, 0.1) is 6.61 Å². The van der Waals surface area contributed by atoms with Gasteiger partial charge in [-0.05, 0) is 29.7 Å². The fraction of sp³-hybridized carbons (Fsp3) is 0.357. The molecule has 1 aromatic carbocycles. The number of benzene rings is 1. The van der Waals surface area contributed by atoms with Crippen molar-refractivity contribution in [1.82, 2.24) is 4.57 Å². The van der Waals surface area contributed by atoms with Crippen LogP contribution in [0, 0.1) is 0 Å². The predicted molar refractivity (Wildman–Crippen MR) is 78.9 cm³/mol. The summed E-state index contributed by atoms with van der Waals surface area (Å²) >= 11 is 3.34. The zero-order chi connectivity index (χ0) is 15.1. The fourth-order valence-electron chi connectivity index (χ4n) is 2.54. The smallest absolute Gasteiger partial charge is 0.260 e. The van der Waals surface area contributed by atoms with Crippen molar-refractivity contribution in [2.75, 3.05) is 6.61 Å². The number of fused-ring (bicyclic) bond motifs is 1. The molecule has 0 saturated carbocycles. The molecule has 1 saturated heterocycles. The van der Waals surface area contributed by atoms with Crippen LogP contribution in [0.1, 0.15) is 6.23 Å². The van der Waals surface area contributed by atoms with Gasteiger partial charge < -0.3 is 20.1 Å². The van der Waals surface area contributed by atoms with Crippen molar-refractivity contribution >= 4 is 26.7 Å². The molecule has 4 atom stereocenters. The number of hydrogen-bond donors (Lipinski definition) is 3. The zero-order valence-corrected chi connectivity index (χ0v) is 12.5. The molecule has 0 bridgehead atoms. The summed E-state index contributed by atoms with van der Waals surface area (Å²) < 4.78 is 7.48. The van der Waals surface area contributed by atoms with Crippen LogP contribution in [0.4, 0.5) is 0 Å². The Kier molecular flexibility index (Phi) is 3.85. The predicted octanol–water partition coefficient (Wildman–Crippen LogP) is 0.375. The van der Waals surface area contributed by atoms with E-state index in [-0.39, 0.29) is 5.56 Å². The number of aliphatic hydroxyl groups excluding tert-OH is 3. The molecule has 3 N–H and O–H groups in total. The highest BCUT2D eigenvalue weighted by atomic mass is 79.9. The summed E-state index contributed by atoms with van der Waals surface area (Å²) in [4.78, 5) is 12.5. The molecule has 6 nitrogen and oxygen atoms in total. The number of ether oxygens (including phenoxy) is 1. The first-order valence-corrected chi connectivity index (χ1v) is 7.25. The molecule has 112 valence electrons. The fourth-order valence-corrected chi connectivity index (χ4v) is 2.92. The molecule has 21 heavy (non-hydrogen) atoms. The van der Waals surface area contributed by atoms with Crippen LogP contribution in [0.5, 0.6) is 0 Å². The van der Waals surface area contributed by atoms with Crippen LogP contribution < -0.4 is 5.56 Å². The summed E-state index contributed by atoms with van der Waals surface area (Å²) in [6, 6.07) is 6.99. The second-order valence-electron chi connectivity index (χ2n) is 4.99. The van der Waals surface area contributed by atoms with Crippen molar-refractivity contribution in [1.29, 1.82) is 0 Å². The first kappa shape index (κ1) is 14.7. The Bertz CT molecular complexity index is 731. The van der Waals surface area contributed by atoms with Crippen molar-refractivity contribution < 1.29 is 20.1 Å². The molecule has 2 aromatic rings.